The normalized spacial score (nSPS) is 10.4. The number of nitrogens with one attached hydrogen (secondary N) is 1. The lowest BCUT2D eigenvalue weighted by atomic mass is 10.2. The first-order valence-corrected chi connectivity index (χ1v) is 6.36. The van der Waals surface area contributed by atoms with Gasteiger partial charge in [-0.2, -0.15) is 5.10 Å². The number of carbonyl (C=O) groups excluding carboxylic acids is 1. The Hall–Kier alpha value is -1.57. The molecule has 0 saturated heterocycles. The summed E-state index contributed by atoms with van der Waals surface area (Å²) in [6.45, 7) is 1.85. The average Bonchev–Trinajstić information content (AvgIpc) is 2.61. The van der Waals surface area contributed by atoms with Gasteiger partial charge in [0.25, 0.3) is 5.91 Å². The number of phenolic OH excluding ortho intramolecular Hbond substituents is 1. The summed E-state index contributed by atoms with van der Waals surface area (Å²) in [7, 11) is 1.76. The number of aromatic hydroxyl groups is 1. The average molecular weight is 357 g/mol. The van der Waals surface area contributed by atoms with Crippen molar-refractivity contribution in [2.75, 3.05) is 5.32 Å². The highest BCUT2D eigenvalue weighted by atomic mass is 127. The predicted molar refractivity (Wildman–Crippen MR) is 76.7 cm³/mol. The van der Waals surface area contributed by atoms with E-state index in [0.717, 1.165) is 5.69 Å². The van der Waals surface area contributed by atoms with E-state index in [-0.39, 0.29) is 11.7 Å². The van der Waals surface area contributed by atoms with Crippen molar-refractivity contribution in [1.29, 1.82) is 0 Å². The Morgan fingerprint density at radius 1 is 1.44 bits per heavy atom. The van der Waals surface area contributed by atoms with Crippen LogP contribution in [-0.4, -0.2) is 20.8 Å². The number of hydrogen-bond donors (Lipinski definition) is 2. The highest BCUT2D eigenvalue weighted by Crippen LogP contribution is 2.21. The van der Waals surface area contributed by atoms with E-state index in [1.807, 2.05) is 29.5 Å². The first-order valence-electron chi connectivity index (χ1n) is 5.28. The van der Waals surface area contributed by atoms with Crippen molar-refractivity contribution in [3.8, 4) is 5.75 Å². The van der Waals surface area contributed by atoms with E-state index in [0.29, 0.717) is 15.0 Å². The van der Waals surface area contributed by atoms with E-state index in [9.17, 15) is 9.90 Å². The number of rotatable bonds is 2. The van der Waals surface area contributed by atoms with E-state index >= 15 is 0 Å². The number of nitrogens with zero attached hydrogens (tertiary/aromatic N) is 2. The van der Waals surface area contributed by atoms with Gasteiger partial charge in [-0.1, -0.05) is 0 Å². The molecule has 0 fully saturated rings. The zero-order chi connectivity index (χ0) is 13.3. The summed E-state index contributed by atoms with van der Waals surface area (Å²) < 4.78 is 2.31. The molecule has 0 aliphatic heterocycles. The molecular formula is C12H12IN3O2. The number of hydrogen-bond acceptors (Lipinski definition) is 3. The minimum Gasteiger partial charge on any atom is -0.507 e. The molecule has 1 aromatic carbocycles. The Kier molecular flexibility index (Phi) is 3.55. The van der Waals surface area contributed by atoms with Crippen LogP contribution in [0.25, 0.3) is 0 Å². The van der Waals surface area contributed by atoms with Crippen molar-refractivity contribution in [1.82, 2.24) is 9.78 Å². The SMILES string of the molecule is Cc1cc(NC(=O)c2ccc(I)c(O)c2)n(C)n1. The zero-order valence-electron chi connectivity index (χ0n) is 9.94. The van der Waals surface area contributed by atoms with Gasteiger partial charge in [0, 0.05) is 18.7 Å². The van der Waals surface area contributed by atoms with E-state index in [1.165, 1.54) is 6.07 Å². The highest BCUT2D eigenvalue weighted by Gasteiger charge is 2.11. The van der Waals surface area contributed by atoms with E-state index in [4.69, 9.17) is 0 Å². The molecule has 2 aromatic rings. The molecule has 0 aliphatic rings. The molecule has 0 saturated carbocycles. The summed E-state index contributed by atoms with van der Waals surface area (Å²) in [5.41, 5.74) is 1.24. The van der Waals surface area contributed by atoms with Gasteiger partial charge < -0.3 is 10.4 Å². The van der Waals surface area contributed by atoms with Crippen LogP contribution in [0.15, 0.2) is 24.3 Å². The van der Waals surface area contributed by atoms with Crippen molar-refractivity contribution in [2.45, 2.75) is 6.92 Å². The molecule has 0 radical (unpaired) electrons. The van der Waals surface area contributed by atoms with Crippen molar-refractivity contribution in [2.24, 2.45) is 7.05 Å². The fraction of sp³-hybridized carbons (Fsp3) is 0.167. The fourth-order valence-corrected chi connectivity index (χ4v) is 1.91. The van der Waals surface area contributed by atoms with Gasteiger partial charge in [0.05, 0.1) is 9.26 Å². The van der Waals surface area contributed by atoms with Crippen LogP contribution in [0.1, 0.15) is 16.1 Å². The van der Waals surface area contributed by atoms with Gasteiger partial charge in [0.15, 0.2) is 0 Å². The number of carbonyl (C=O) groups is 1. The van der Waals surface area contributed by atoms with Crippen molar-refractivity contribution < 1.29 is 9.90 Å². The summed E-state index contributed by atoms with van der Waals surface area (Å²) in [5, 5.41) is 16.5. The number of anilines is 1. The molecule has 1 aromatic heterocycles. The highest BCUT2D eigenvalue weighted by molar-refractivity contribution is 14.1. The molecule has 1 heterocycles. The molecule has 2 N–H and O–H groups in total. The van der Waals surface area contributed by atoms with Crippen LogP contribution in [0.4, 0.5) is 5.82 Å². The quantitative estimate of drug-likeness (QED) is 0.811. The Labute approximate surface area is 118 Å². The fourth-order valence-electron chi connectivity index (χ4n) is 1.57. The molecule has 0 atom stereocenters. The van der Waals surface area contributed by atoms with Gasteiger partial charge in [-0.25, -0.2) is 0 Å². The summed E-state index contributed by atoms with van der Waals surface area (Å²) in [4.78, 5) is 12.0. The number of aryl methyl sites for hydroxylation is 2. The van der Waals surface area contributed by atoms with Crippen LogP contribution in [0.2, 0.25) is 0 Å². The van der Waals surface area contributed by atoms with Crippen LogP contribution in [0.3, 0.4) is 0 Å². The van der Waals surface area contributed by atoms with Crippen LogP contribution in [0, 0.1) is 10.5 Å². The molecule has 18 heavy (non-hydrogen) atoms. The van der Waals surface area contributed by atoms with E-state index < -0.39 is 0 Å². The maximum Gasteiger partial charge on any atom is 0.256 e. The Morgan fingerprint density at radius 2 is 2.17 bits per heavy atom. The minimum absolute atomic E-state index is 0.101. The van der Waals surface area contributed by atoms with E-state index in [1.54, 1.807) is 29.9 Å². The maximum atomic E-state index is 12.0. The van der Waals surface area contributed by atoms with Crippen LogP contribution in [0.5, 0.6) is 5.75 Å². The number of amides is 1. The molecule has 6 heteroatoms. The van der Waals surface area contributed by atoms with Gasteiger partial charge in [0.2, 0.25) is 0 Å². The van der Waals surface area contributed by atoms with Crippen LogP contribution < -0.4 is 5.32 Å². The van der Waals surface area contributed by atoms with Gasteiger partial charge in [-0.15, -0.1) is 0 Å². The summed E-state index contributed by atoms with van der Waals surface area (Å²) in [5.74, 6) is 0.449. The molecular weight excluding hydrogens is 345 g/mol. The Bertz CT molecular complexity index is 607. The molecule has 1 amide bonds. The van der Waals surface area contributed by atoms with Gasteiger partial charge in [-0.3, -0.25) is 9.48 Å². The maximum absolute atomic E-state index is 12.0. The second-order valence-electron chi connectivity index (χ2n) is 3.91. The molecule has 2 rings (SSSR count). The molecule has 0 aliphatic carbocycles. The molecule has 0 spiro atoms. The smallest absolute Gasteiger partial charge is 0.256 e. The predicted octanol–water partition coefficient (Wildman–Crippen LogP) is 2.29. The van der Waals surface area contributed by atoms with Gasteiger partial charge >= 0.3 is 0 Å². The topological polar surface area (TPSA) is 67.2 Å². The summed E-state index contributed by atoms with van der Waals surface area (Å²) in [6, 6.07) is 6.59. The monoisotopic (exact) mass is 357 g/mol. The first-order chi connectivity index (χ1) is 8.47. The third kappa shape index (κ3) is 2.63. The first kappa shape index (κ1) is 12.9. The number of aromatic nitrogens is 2. The zero-order valence-corrected chi connectivity index (χ0v) is 12.1. The van der Waals surface area contributed by atoms with E-state index in [2.05, 4.69) is 10.4 Å². The second-order valence-corrected chi connectivity index (χ2v) is 5.08. The third-order valence-electron chi connectivity index (χ3n) is 2.45. The number of halogens is 1. The number of phenols is 1. The molecule has 5 nitrogen and oxygen atoms in total. The lowest BCUT2D eigenvalue weighted by Gasteiger charge is -2.06. The van der Waals surface area contributed by atoms with Crippen molar-refractivity contribution >= 4 is 34.3 Å². The van der Waals surface area contributed by atoms with Crippen molar-refractivity contribution in [3.05, 3.63) is 39.1 Å². The number of benzene rings is 1. The Balaban J connectivity index is 2.22. The van der Waals surface area contributed by atoms with Gasteiger partial charge in [0.1, 0.15) is 11.6 Å². The summed E-state index contributed by atoms with van der Waals surface area (Å²) >= 11 is 2.00. The van der Waals surface area contributed by atoms with Gasteiger partial charge in [-0.05, 0) is 47.7 Å². The largest absolute Gasteiger partial charge is 0.507 e. The Morgan fingerprint density at radius 3 is 2.72 bits per heavy atom. The molecule has 94 valence electrons. The standard InChI is InChI=1S/C12H12IN3O2/c1-7-5-11(16(2)15-7)14-12(18)8-3-4-9(13)10(17)6-8/h3-6,17H,1-2H3,(H,14,18). The van der Waals surface area contributed by atoms with Crippen LogP contribution in [-0.2, 0) is 7.05 Å². The summed E-state index contributed by atoms with van der Waals surface area (Å²) in [6.07, 6.45) is 0. The third-order valence-corrected chi connectivity index (χ3v) is 3.36. The lowest BCUT2D eigenvalue weighted by Crippen LogP contribution is -2.14. The molecule has 0 unspecified atom stereocenters. The molecule has 0 bridgehead atoms. The second kappa shape index (κ2) is 4.97. The van der Waals surface area contributed by atoms with Crippen molar-refractivity contribution in [3.63, 3.8) is 0 Å². The minimum atomic E-state index is -0.273. The lowest BCUT2D eigenvalue weighted by molar-refractivity contribution is 0.102. The van der Waals surface area contributed by atoms with Crippen LogP contribution >= 0.6 is 22.6 Å².